The third-order valence-corrected chi connectivity index (χ3v) is 3.41. The summed E-state index contributed by atoms with van der Waals surface area (Å²) in [6.07, 6.45) is 5.30. The Hall–Kier alpha value is -1.56. The fourth-order valence-corrected chi connectivity index (χ4v) is 2.27. The van der Waals surface area contributed by atoms with Crippen molar-refractivity contribution >= 4 is 6.09 Å². The first-order chi connectivity index (χ1) is 9.35. The van der Waals surface area contributed by atoms with E-state index in [9.17, 15) is 4.79 Å². The van der Waals surface area contributed by atoms with Gasteiger partial charge in [0.15, 0.2) is 0 Å². The van der Waals surface area contributed by atoms with Crippen molar-refractivity contribution in [2.75, 3.05) is 26.7 Å². The molecule has 0 saturated carbocycles. The Morgan fingerprint density at radius 3 is 2.75 bits per heavy atom. The van der Waals surface area contributed by atoms with Gasteiger partial charge in [0.25, 0.3) is 0 Å². The highest BCUT2D eigenvalue weighted by atomic mass is 16.6. The molecule has 0 spiro atoms. The van der Waals surface area contributed by atoms with Crippen LogP contribution < -0.4 is 0 Å². The second-order valence-corrected chi connectivity index (χ2v) is 6.32. The molecule has 0 radical (unpaired) electrons. The minimum atomic E-state index is -0.444. The van der Waals surface area contributed by atoms with Crippen molar-refractivity contribution in [3.63, 3.8) is 0 Å². The van der Waals surface area contributed by atoms with Gasteiger partial charge in [-0.25, -0.2) is 9.78 Å². The Labute approximate surface area is 120 Å². The number of amides is 1. The lowest BCUT2D eigenvalue weighted by atomic mass is 10.1. The Morgan fingerprint density at radius 2 is 2.15 bits per heavy atom. The summed E-state index contributed by atoms with van der Waals surface area (Å²) >= 11 is 0. The zero-order valence-corrected chi connectivity index (χ0v) is 12.7. The molecule has 1 atom stereocenters. The topological polar surface area (TPSA) is 50.6 Å². The molecule has 20 heavy (non-hydrogen) atoms. The Bertz CT molecular complexity index is 439. The first-order valence-corrected chi connectivity index (χ1v) is 6.99. The van der Waals surface area contributed by atoms with Crippen LogP contribution in [0.15, 0.2) is 18.7 Å². The normalized spacial score (nSPS) is 21.0. The van der Waals surface area contributed by atoms with E-state index in [4.69, 9.17) is 4.74 Å². The number of nitrogens with zero attached hydrogens (tertiary/aromatic N) is 4. The van der Waals surface area contributed by atoms with Gasteiger partial charge in [-0.15, -0.1) is 0 Å². The first kappa shape index (κ1) is 14.8. The summed E-state index contributed by atoms with van der Waals surface area (Å²) in [7, 11) is 2.09. The van der Waals surface area contributed by atoms with Gasteiger partial charge in [-0.3, -0.25) is 4.90 Å². The van der Waals surface area contributed by atoms with E-state index >= 15 is 0 Å². The summed E-state index contributed by atoms with van der Waals surface area (Å²) in [5, 5.41) is 0. The molecular formula is C14H24N4O2. The van der Waals surface area contributed by atoms with Crippen molar-refractivity contribution < 1.29 is 9.53 Å². The van der Waals surface area contributed by atoms with E-state index in [-0.39, 0.29) is 12.1 Å². The molecule has 1 fully saturated rings. The number of imidazole rings is 1. The van der Waals surface area contributed by atoms with Gasteiger partial charge in [-0.2, -0.15) is 0 Å². The molecule has 1 aliphatic heterocycles. The van der Waals surface area contributed by atoms with Crippen LogP contribution in [0.2, 0.25) is 0 Å². The lowest BCUT2D eigenvalue weighted by Gasteiger charge is -2.39. The largest absolute Gasteiger partial charge is 0.444 e. The Kier molecular flexibility index (Phi) is 4.32. The quantitative estimate of drug-likeness (QED) is 0.822. The van der Waals surface area contributed by atoms with Crippen LogP contribution in [0.3, 0.4) is 0 Å². The second kappa shape index (κ2) is 5.83. The Balaban J connectivity index is 1.95. The lowest BCUT2D eigenvalue weighted by molar-refractivity contribution is 0.00590. The van der Waals surface area contributed by atoms with E-state index in [1.54, 1.807) is 17.4 Å². The molecular weight excluding hydrogens is 256 g/mol. The molecule has 0 aromatic carbocycles. The van der Waals surface area contributed by atoms with Crippen LogP contribution in [0.1, 0.15) is 20.8 Å². The number of ether oxygens (including phenoxy) is 1. The summed E-state index contributed by atoms with van der Waals surface area (Å²) < 4.78 is 7.49. The number of aromatic nitrogens is 2. The van der Waals surface area contributed by atoms with E-state index < -0.39 is 5.60 Å². The fourth-order valence-electron chi connectivity index (χ4n) is 2.27. The molecule has 0 N–H and O–H groups in total. The summed E-state index contributed by atoms with van der Waals surface area (Å²) in [6, 6.07) is 0.283. The van der Waals surface area contributed by atoms with Gasteiger partial charge in [-0.05, 0) is 27.8 Å². The van der Waals surface area contributed by atoms with Crippen LogP contribution in [-0.2, 0) is 11.3 Å². The van der Waals surface area contributed by atoms with Crippen molar-refractivity contribution in [3.8, 4) is 0 Å². The molecule has 1 aliphatic rings. The summed E-state index contributed by atoms with van der Waals surface area (Å²) in [6.45, 7) is 8.77. The zero-order valence-electron chi connectivity index (χ0n) is 12.7. The van der Waals surface area contributed by atoms with Crippen molar-refractivity contribution in [1.29, 1.82) is 0 Å². The molecule has 0 unspecified atom stereocenters. The minimum absolute atomic E-state index is 0.221. The maximum atomic E-state index is 12.1. The average Bonchev–Trinajstić information content (AvgIpc) is 2.82. The molecule has 2 heterocycles. The van der Waals surface area contributed by atoms with Crippen molar-refractivity contribution in [1.82, 2.24) is 19.4 Å². The molecule has 0 bridgehead atoms. The van der Waals surface area contributed by atoms with Crippen molar-refractivity contribution in [2.45, 2.75) is 39.0 Å². The van der Waals surface area contributed by atoms with Crippen LogP contribution in [-0.4, -0.2) is 63.8 Å². The van der Waals surface area contributed by atoms with Crippen molar-refractivity contribution in [2.24, 2.45) is 0 Å². The smallest absolute Gasteiger partial charge is 0.410 e. The maximum absolute atomic E-state index is 12.1. The third-order valence-electron chi connectivity index (χ3n) is 3.41. The Morgan fingerprint density at radius 1 is 1.40 bits per heavy atom. The number of hydrogen-bond acceptors (Lipinski definition) is 4. The van der Waals surface area contributed by atoms with Crippen LogP contribution in [0.4, 0.5) is 4.79 Å². The SMILES string of the molecule is CN1CCN(C(=O)OC(C)(C)C)C[C@@H]1Cn1ccnc1. The minimum Gasteiger partial charge on any atom is -0.444 e. The maximum Gasteiger partial charge on any atom is 0.410 e. The van der Waals surface area contributed by atoms with E-state index in [2.05, 4.69) is 16.9 Å². The second-order valence-electron chi connectivity index (χ2n) is 6.32. The fraction of sp³-hybridized carbons (Fsp3) is 0.714. The summed E-state index contributed by atoms with van der Waals surface area (Å²) in [5.41, 5.74) is -0.444. The van der Waals surface area contributed by atoms with Gasteiger partial charge in [0.2, 0.25) is 0 Å². The summed E-state index contributed by atoms with van der Waals surface area (Å²) in [4.78, 5) is 20.3. The van der Waals surface area contributed by atoms with Crippen LogP contribution in [0, 0.1) is 0 Å². The number of hydrogen-bond donors (Lipinski definition) is 0. The monoisotopic (exact) mass is 280 g/mol. The third kappa shape index (κ3) is 3.96. The molecule has 1 aromatic rings. The molecule has 1 saturated heterocycles. The molecule has 2 rings (SSSR count). The number of carbonyl (C=O) groups excluding carboxylic acids is 1. The predicted molar refractivity (Wildman–Crippen MR) is 76.5 cm³/mol. The highest BCUT2D eigenvalue weighted by Crippen LogP contribution is 2.15. The molecule has 1 amide bonds. The highest BCUT2D eigenvalue weighted by molar-refractivity contribution is 5.68. The van der Waals surface area contributed by atoms with Crippen LogP contribution in [0.5, 0.6) is 0 Å². The molecule has 6 heteroatoms. The zero-order chi connectivity index (χ0) is 14.8. The predicted octanol–water partition coefficient (Wildman–Crippen LogP) is 1.43. The van der Waals surface area contributed by atoms with Gasteiger partial charge in [-0.1, -0.05) is 0 Å². The van der Waals surface area contributed by atoms with Crippen molar-refractivity contribution in [3.05, 3.63) is 18.7 Å². The molecule has 112 valence electrons. The number of carbonyl (C=O) groups is 1. The first-order valence-electron chi connectivity index (χ1n) is 6.99. The van der Waals surface area contributed by atoms with Gasteiger partial charge >= 0.3 is 6.09 Å². The number of likely N-dealkylation sites (N-methyl/N-ethyl adjacent to an activating group) is 1. The van der Waals surface area contributed by atoms with Gasteiger partial charge < -0.3 is 14.2 Å². The number of piperazine rings is 1. The lowest BCUT2D eigenvalue weighted by Crippen LogP contribution is -2.55. The van der Waals surface area contributed by atoms with E-state index in [0.29, 0.717) is 13.1 Å². The molecule has 0 aliphatic carbocycles. The van der Waals surface area contributed by atoms with Crippen LogP contribution in [0.25, 0.3) is 0 Å². The molecule has 1 aromatic heterocycles. The van der Waals surface area contributed by atoms with E-state index in [0.717, 1.165) is 13.1 Å². The van der Waals surface area contributed by atoms with Gasteiger partial charge in [0.1, 0.15) is 5.60 Å². The van der Waals surface area contributed by atoms with E-state index in [1.165, 1.54) is 0 Å². The van der Waals surface area contributed by atoms with Gasteiger partial charge in [0.05, 0.1) is 6.33 Å². The number of rotatable bonds is 2. The van der Waals surface area contributed by atoms with E-state index in [1.807, 2.05) is 31.5 Å². The van der Waals surface area contributed by atoms with Crippen LogP contribution >= 0.6 is 0 Å². The molecule has 6 nitrogen and oxygen atoms in total. The van der Waals surface area contributed by atoms with Gasteiger partial charge in [0, 0.05) is 44.6 Å². The standard InChI is InChI=1S/C14H24N4O2/c1-14(2,3)20-13(19)18-8-7-16(4)12(10-18)9-17-6-5-15-11-17/h5-6,11-12H,7-10H2,1-4H3/t12-/m0/s1. The highest BCUT2D eigenvalue weighted by Gasteiger charge is 2.30. The average molecular weight is 280 g/mol. The summed E-state index contributed by atoms with van der Waals surface area (Å²) in [5.74, 6) is 0.